The Morgan fingerprint density at radius 3 is 2.30 bits per heavy atom. The van der Waals surface area contributed by atoms with Gasteiger partial charge in [0.05, 0.1) is 5.39 Å². The van der Waals surface area contributed by atoms with Gasteiger partial charge in [-0.2, -0.15) is 4.39 Å². The molecule has 0 fully saturated rings. The summed E-state index contributed by atoms with van der Waals surface area (Å²) >= 11 is 0. The van der Waals surface area contributed by atoms with Gasteiger partial charge < -0.3 is 15.3 Å². The number of hydrogen-bond donors (Lipinski definition) is 2. The number of rotatable bonds is 3. The first kappa shape index (κ1) is 14.3. The Morgan fingerprint density at radius 2 is 1.75 bits per heavy atom. The largest absolute Gasteiger partial charge is 0.480 e. The average molecular weight is 291 g/mol. The van der Waals surface area contributed by atoms with Crippen LogP contribution in [0.25, 0.3) is 11.0 Å². The molecule has 3 N–H and O–H groups in total. The fraction of sp³-hybridized carbons (Fsp3) is 0.250. The molecule has 0 aliphatic carbocycles. The highest BCUT2D eigenvalue weighted by molar-refractivity contribution is 5.84. The number of halogens is 4. The van der Waals surface area contributed by atoms with E-state index in [1.807, 2.05) is 0 Å². The number of aryl methyl sites for hydroxylation is 1. The number of carbonyl (C=O) groups is 1. The lowest BCUT2D eigenvalue weighted by Gasteiger charge is -2.03. The fourth-order valence-electron chi connectivity index (χ4n) is 1.86. The topological polar surface area (TPSA) is 76.5 Å². The van der Waals surface area contributed by atoms with Gasteiger partial charge in [-0.05, 0) is 6.92 Å². The van der Waals surface area contributed by atoms with Crippen molar-refractivity contribution in [3.05, 3.63) is 34.6 Å². The third kappa shape index (κ3) is 2.01. The summed E-state index contributed by atoms with van der Waals surface area (Å²) in [6.45, 7) is 1.27. The minimum absolute atomic E-state index is 0.0213. The van der Waals surface area contributed by atoms with Crippen LogP contribution in [0.3, 0.4) is 0 Å². The van der Waals surface area contributed by atoms with Crippen molar-refractivity contribution in [1.82, 2.24) is 0 Å². The van der Waals surface area contributed by atoms with Crippen LogP contribution < -0.4 is 5.73 Å². The molecule has 0 radical (unpaired) electrons. The summed E-state index contributed by atoms with van der Waals surface area (Å²) in [6, 6.07) is -1.37. The number of nitrogens with two attached hydrogens (primary N) is 1. The van der Waals surface area contributed by atoms with E-state index >= 15 is 0 Å². The molecule has 0 saturated heterocycles. The van der Waals surface area contributed by atoms with Crippen LogP contribution in [0.4, 0.5) is 17.6 Å². The van der Waals surface area contributed by atoms with E-state index in [1.54, 1.807) is 0 Å². The lowest BCUT2D eigenvalue weighted by molar-refractivity contribution is -0.138. The molecule has 0 spiro atoms. The van der Waals surface area contributed by atoms with Crippen molar-refractivity contribution in [2.45, 2.75) is 19.4 Å². The van der Waals surface area contributed by atoms with Gasteiger partial charge >= 0.3 is 5.97 Å². The molecular formula is C12H9F4NO3. The molecule has 1 aromatic carbocycles. The number of fused-ring (bicyclic) bond motifs is 1. The molecule has 8 heteroatoms. The van der Waals surface area contributed by atoms with Gasteiger partial charge in [0.25, 0.3) is 0 Å². The normalized spacial score (nSPS) is 12.9. The summed E-state index contributed by atoms with van der Waals surface area (Å²) in [4.78, 5) is 10.6. The van der Waals surface area contributed by atoms with E-state index in [-0.39, 0.29) is 17.7 Å². The maximum absolute atomic E-state index is 13.6. The quantitative estimate of drug-likeness (QED) is 0.516. The van der Waals surface area contributed by atoms with Crippen LogP contribution in [0, 0.1) is 30.2 Å². The Morgan fingerprint density at radius 1 is 1.20 bits per heavy atom. The number of benzene rings is 1. The molecule has 1 heterocycles. The molecule has 0 amide bonds. The van der Waals surface area contributed by atoms with E-state index in [2.05, 4.69) is 0 Å². The van der Waals surface area contributed by atoms with E-state index < -0.39 is 46.2 Å². The molecule has 1 atom stereocenters. The summed E-state index contributed by atoms with van der Waals surface area (Å²) in [6.07, 6.45) is -0.363. The van der Waals surface area contributed by atoms with Crippen LogP contribution in [0.5, 0.6) is 0 Å². The first-order chi connectivity index (χ1) is 9.25. The van der Waals surface area contributed by atoms with E-state index in [0.717, 1.165) is 0 Å². The Labute approximate surface area is 109 Å². The average Bonchev–Trinajstić information content (AvgIpc) is 2.71. The van der Waals surface area contributed by atoms with Gasteiger partial charge in [0.1, 0.15) is 11.8 Å². The number of carboxylic acid groups (broad SMARTS) is 1. The molecule has 2 aromatic rings. The van der Waals surface area contributed by atoms with Crippen molar-refractivity contribution in [3.8, 4) is 0 Å². The van der Waals surface area contributed by atoms with Crippen molar-refractivity contribution in [2.75, 3.05) is 0 Å². The summed E-state index contributed by atoms with van der Waals surface area (Å²) in [5.41, 5.74) is 4.46. The zero-order valence-electron chi connectivity index (χ0n) is 10.1. The van der Waals surface area contributed by atoms with Crippen molar-refractivity contribution in [3.63, 3.8) is 0 Å². The van der Waals surface area contributed by atoms with E-state index in [1.165, 1.54) is 6.92 Å². The standard InChI is InChI=1S/C12H9F4NO3/c1-3-5(2-4(17)12(18)19)20-11-6(3)7(13)8(14)9(15)10(11)16/h4H,2,17H2,1H3,(H,18,19). The first-order valence-corrected chi connectivity index (χ1v) is 5.48. The SMILES string of the molecule is Cc1c(CC(N)C(=O)O)oc2c(F)c(F)c(F)c(F)c12. The molecule has 1 aromatic heterocycles. The Bertz CT molecular complexity index is 711. The van der Waals surface area contributed by atoms with Gasteiger partial charge in [-0.15, -0.1) is 0 Å². The zero-order valence-corrected chi connectivity index (χ0v) is 10.1. The predicted octanol–water partition coefficient (Wildman–Crippen LogP) is 2.25. The number of aliphatic carboxylic acids is 1. The molecule has 108 valence electrons. The minimum Gasteiger partial charge on any atom is -0.480 e. The van der Waals surface area contributed by atoms with Gasteiger partial charge in [0, 0.05) is 12.0 Å². The van der Waals surface area contributed by atoms with Gasteiger partial charge in [-0.3, -0.25) is 4.79 Å². The second-order valence-electron chi connectivity index (χ2n) is 4.26. The number of hydrogen-bond acceptors (Lipinski definition) is 3. The fourth-order valence-corrected chi connectivity index (χ4v) is 1.86. The first-order valence-electron chi connectivity index (χ1n) is 5.48. The van der Waals surface area contributed by atoms with Crippen LogP contribution >= 0.6 is 0 Å². The van der Waals surface area contributed by atoms with Crippen LogP contribution in [0.15, 0.2) is 4.42 Å². The maximum atomic E-state index is 13.6. The highest BCUT2D eigenvalue weighted by atomic mass is 19.2. The third-order valence-corrected chi connectivity index (χ3v) is 2.97. The molecule has 0 aliphatic heterocycles. The molecular weight excluding hydrogens is 282 g/mol. The number of furan rings is 1. The highest BCUT2D eigenvalue weighted by Crippen LogP contribution is 2.33. The third-order valence-electron chi connectivity index (χ3n) is 2.97. The Hall–Kier alpha value is -2.09. The van der Waals surface area contributed by atoms with Gasteiger partial charge in [-0.25, -0.2) is 13.2 Å². The summed E-state index contributed by atoms with van der Waals surface area (Å²) in [7, 11) is 0. The van der Waals surface area contributed by atoms with E-state index in [0.29, 0.717) is 0 Å². The van der Waals surface area contributed by atoms with Crippen molar-refractivity contribution < 1.29 is 31.9 Å². The minimum atomic E-state index is -1.99. The lowest BCUT2D eigenvalue weighted by Crippen LogP contribution is -2.32. The van der Waals surface area contributed by atoms with Crippen LogP contribution in [0.2, 0.25) is 0 Å². The lowest BCUT2D eigenvalue weighted by atomic mass is 10.1. The predicted molar refractivity (Wildman–Crippen MR) is 60.1 cm³/mol. The van der Waals surface area contributed by atoms with Gasteiger partial charge in [0.15, 0.2) is 17.2 Å². The Balaban J connectivity index is 2.67. The van der Waals surface area contributed by atoms with Crippen molar-refractivity contribution >= 4 is 16.9 Å². The summed E-state index contributed by atoms with van der Waals surface area (Å²) in [5, 5.41) is 8.11. The highest BCUT2D eigenvalue weighted by Gasteiger charge is 2.27. The van der Waals surface area contributed by atoms with Gasteiger partial charge in [-0.1, -0.05) is 0 Å². The molecule has 20 heavy (non-hydrogen) atoms. The second kappa shape index (κ2) is 4.78. The molecule has 2 rings (SSSR count). The van der Waals surface area contributed by atoms with E-state index in [4.69, 9.17) is 15.3 Å². The van der Waals surface area contributed by atoms with Crippen LogP contribution in [-0.4, -0.2) is 17.1 Å². The smallest absolute Gasteiger partial charge is 0.320 e. The van der Waals surface area contributed by atoms with E-state index in [9.17, 15) is 22.4 Å². The second-order valence-corrected chi connectivity index (χ2v) is 4.26. The van der Waals surface area contributed by atoms with Crippen molar-refractivity contribution in [1.29, 1.82) is 0 Å². The van der Waals surface area contributed by atoms with Crippen LogP contribution in [-0.2, 0) is 11.2 Å². The number of carboxylic acids is 1. The summed E-state index contributed by atoms with van der Waals surface area (Å²) in [5.74, 6) is -8.68. The summed E-state index contributed by atoms with van der Waals surface area (Å²) < 4.78 is 58.3. The molecule has 1 unspecified atom stereocenters. The molecule has 4 nitrogen and oxygen atoms in total. The monoisotopic (exact) mass is 291 g/mol. The maximum Gasteiger partial charge on any atom is 0.320 e. The molecule has 0 bridgehead atoms. The van der Waals surface area contributed by atoms with Crippen LogP contribution in [0.1, 0.15) is 11.3 Å². The molecule has 0 aliphatic rings. The Kier molecular flexibility index (Phi) is 3.43. The zero-order chi connectivity index (χ0) is 15.2. The van der Waals surface area contributed by atoms with Gasteiger partial charge in [0.2, 0.25) is 11.6 Å². The molecule has 0 saturated carbocycles. The van der Waals surface area contributed by atoms with Crippen molar-refractivity contribution in [2.24, 2.45) is 5.73 Å².